The zero-order chi connectivity index (χ0) is 14.9. The molecule has 0 atom stereocenters. The first-order valence-electron chi connectivity index (χ1n) is 7.00. The van der Waals surface area contributed by atoms with Crippen molar-refractivity contribution in [1.29, 1.82) is 0 Å². The number of ether oxygens (including phenoxy) is 1. The number of hydrogen-bond acceptors (Lipinski definition) is 3. The molecule has 22 heavy (non-hydrogen) atoms. The Balaban J connectivity index is 1.90. The van der Waals surface area contributed by atoms with Crippen molar-refractivity contribution < 1.29 is 9.15 Å². The summed E-state index contributed by atoms with van der Waals surface area (Å²) in [4.78, 5) is 7.41. The van der Waals surface area contributed by atoms with E-state index in [0.717, 1.165) is 33.5 Å². The van der Waals surface area contributed by atoms with Gasteiger partial charge in [-0.15, -0.1) is 0 Å². The maximum Gasteiger partial charge on any atom is 0.181 e. The third-order valence-electron chi connectivity index (χ3n) is 3.72. The van der Waals surface area contributed by atoms with Crippen LogP contribution in [0, 0.1) is 0 Å². The van der Waals surface area contributed by atoms with Gasteiger partial charge in [-0.25, -0.2) is 4.98 Å². The summed E-state index contributed by atoms with van der Waals surface area (Å²) in [5.74, 6) is 1.45. The van der Waals surface area contributed by atoms with E-state index < -0.39 is 0 Å². The molecule has 4 nitrogen and oxygen atoms in total. The largest absolute Gasteiger partial charge is 0.496 e. The second-order valence-corrected chi connectivity index (χ2v) is 5.05. The lowest BCUT2D eigenvalue weighted by atomic mass is 10.1. The van der Waals surface area contributed by atoms with Gasteiger partial charge in [0.2, 0.25) is 0 Å². The summed E-state index contributed by atoms with van der Waals surface area (Å²) in [5.41, 5.74) is 4.15. The lowest BCUT2D eigenvalue weighted by molar-refractivity contribution is 0.415. The molecule has 4 heteroatoms. The van der Waals surface area contributed by atoms with E-state index in [1.54, 1.807) is 13.3 Å². The fourth-order valence-electron chi connectivity index (χ4n) is 2.64. The minimum Gasteiger partial charge on any atom is -0.496 e. The second kappa shape index (κ2) is 5.07. The van der Waals surface area contributed by atoms with Crippen molar-refractivity contribution in [3.63, 3.8) is 0 Å². The number of aromatic nitrogens is 2. The second-order valence-electron chi connectivity index (χ2n) is 5.05. The first-order chi connectivity index (χ1) is 10.8. The highest BCUT2D eigenvalue weighted by Crippen LogP contribution is 2.35. The summed E-state index contributed by atoms with van der Waals surface area (Å²) < 4.78 is 10.9. The van der Waals surface area contributed by atoms with Crippen molar-refractivity contribution in [3.05, 3.63) is 61.1 Å². The van der Waals surface area contributed by atoms with Crippen LogP contribution in [-0.4, -0.2) is 17.1 Å². The summed E-state index contributed by atoms with van der Waals surface area (Å²) in [6.07, 6.45) is 3.11. The molecule has 0 aliphatic rings. The van der Waals surface area contributed by atoms with Crippen LogP contribution >= 0.6 is 0 Å². The molecule has 0 unspecified atom stereocenters. The average molecular weight is 290 g/mol. The number of aromatic amines is 1. The van der Waals surface area contributed by atoms with Crippen molar-refractivity contribution in [3.8, 4) is 28.3 Å². The zero-order valence-corrected chi connectivity index (χ0v) is 12.0. The smallest absolute Gasteiger partial charge is 0.181 e. The van der Waals surface area contributed by atoms with E-state index in [1.165, 1.54) is 6.39 Å². The summed E-state index contributed by atoms with van der Waals surface area (Å²) in [7, 11) is 1.65. The minimum absolute atomic E-state index is 0.696. The van der Waals surface area contributed by atoms with Crippen LogP contribution in [0.5, 0.6) is 5.75 Å². The molecule has 2 aromatic carbocycles. The Hall–Kier alpha value is -3.01. The van der Waals surface area contributed by atoms with Gasteiger partial charge in [-0.05, 0) is 17.7 Å². The van der Waals surface area contributed by atoms with Gasteiger partial charge in [-0.1, -0.05) is 30.3 Å². The van der Waals surface area contributed by atoms with Gasteiger partial charge in [-0.3, -0.25) is 0 Å². The normalized spacial score (nSPS) is 11.0. The molecule has 0 saturated heterocycles. The van der Waals surface area contributed by atoms with E-state index in [4.69, 9.17) is 9.15 Å². The third kappa shape index (κ3) is 2.05. The Bertz CT molecular complexity index is 909. The van der Waals surface area contributed by atoms with Crippen LogP contribution in [-0.2, 0) is 0 Å². The first kappa shape index (κ1) is 12.7. The number of H-pyrrole nitrogens is 1. The van der Waals surface area contributed by atoms with Crippen molar-refractivity contribution in [2.45, 2.75) is 0 Å². The van der Waals surface area contributed by atoms with E-state index in [0.29, 0.717) is 5.76 Å². The average Bonchev–Trinajstić information content (AvgIpc) is 3.23. The molecule has 0 saturated carbocycles. The van der Waals surface area contributed by atoms with E-state index in [9.17, 15) is 0 Å². The highest BCUT2D eigenvalue weighted by Gasteiger charge is 2.13. The fraction of sp³-hybridized carbons (Fsp3) is 0.0556. The van der Waals surface area contributed by atoms with Crippen LogP contribution in [0.3, 0.4) is 0 Å². The van der Waals surface area contributed by atoms with Crippen LogP contribution in [0.2, 0.25) is 0 Å². The number of benzene rings is 2. The predicted molar refractivity (Wildman–Crippen MR) is 85.8 cm³/mol. The molecule has 0 radical (unpaired) electrons. The van der Waals surface area contributed by atoms with E-state index in [-0.39, 0.29) is 0 Å². The van der Waals surface area contributed by atoms with Gasteiger partial charge in [0.25, 0.3) is 0 Å². The van der Waals surface area contributed by atoms with Crippen molar-refractivity contribution in [1.82, 2.24) is 9.97 Å². The molecule has 0 fully saturated rings. The number of nitrogens with zero attached hydrogens (tertiary/aromatic N) is 1. The highest BCUT2D eigenvalue weighted by atomic mass is 16.5. The Labute approximate surface area is 127 Å². The van der Waals surface area contributed by atoms with Crippen LogP contribution < -0.4 is 4.74 Å². The quantitative estimate of drug-likeness (QED) is 0.604. The fourth-order valence-corrected chi connectivity index (χ4v) is 2.64. The Morgan fingerprint density at radius 1 is 1.09 bits per heavy atom. The molecule has 4 rings (SSSR count). The number of nitrogens with one attached hydrogen (secondary N) is 1. The molecule has 1 N–H and O–H groups in total. The molecule has 2 heterocycles. The number of oxazole rings is 1. The van der Waals surface area contributed by atoms with E-state index in [2.05, 4.69) is 34.2 Å². The summed E-state index contributed by atoms with van der Waals surface area (Å²) in [5, 5.41) is 1.10. The van der Waals surface area contributed by atoms with Gasteiger partial charge < -0.3 is 14.1 Å². The maximum atomic E-state index is 5.48. The van der Waals surface area contributed by atoms with E-state index >= 15 is 0 Å². The van der Waals surface area contributed by atoms with Gasteiger partial charge in [0.05, 0.1) is 18.9 Å². The zero-order valence-electron chi connectivity index (χ0n) is 12.0. The van der Waals surface area contributed by atoms with Gasteiger partial charge in [0.15, 0.2) is 12.2 Å². The molecule has 4 aromatic rings. The summed E-state index contributed by atoms with van der Waals surface area (Å²) >= 11 is 0. The first-order valence-corrected chi connectivity index (χ1v) is 7.00. The van der Waals surface area contributed by atoms with Crippen molar-refractivity contribution in [2.24, 2.45) is 0 Å². The van der Waals surface area contributed by atoms with Crippen LogP contribution in [0.15, 0.2) is 65.5 Å². The molecule has 0 bridgehead atoms. The van der Waals surface area contributed by atoms with Gasteiger partial charge in [0, 0.05) is 22.7 Å². The molecule has 0 aliphatic heterocycles. The number of methoxy groups -OCH3 is 1. The van der Waals surface area contributed by atoms with Crippen LogP contribution in [0.25, 0.3) is 33.5 Å². The van der Waals surface area contributed by atoms with Crippen LogP contribution in [0.4, 0.5) is 0 Å². The lowest BCUT2D eigenvalue weighted by Crippen LogP contribution is -1.87. The van der Waals surface area contributed by atoms with Gasteiger partial charge in [-0.2, -0.15) is 0 Å². The molecular weight excluding hydrogens is 276 g/mol. The summed E-state index contributed by atoms with van der Waals surface area (Å²) in [6.45, 7) is 0. The lowest BCUT2D eigenvalue weighted by Gasteiger charge is -2.05. The van der Waals surface area contributed by atoms with Crippen molar-refractivity contribution in [2.75, 3.05) is 7.11 Å². The molecule has 0 aliphatic carbocycles. The molecule has 0 spiro atoms. The molecular formula is C18H14N2O2. The summed E-state index contributed by atoms with van der Waals surface area (Å²) in [6, 6.07) is 16.4. The Kier molecular flexibility index (Phi) is 2.93. The highest BCUT2D eigenvalue weighted by molar-refractivity contribution is 5.91. The van der Waals surface area contributed by atoms with Crippen LogP contribution in [0.1, 0.15) is 0 Å². The Morgan fingerprint density at radius 2 is 1.95 bits per heavy atom. The van der Waals surface area contributed by atoms with Gasteiger partial charge >= 0.3 is 0 Å². The topological polar surface area (TPSA) is 51.0 Å². The van der Waals surface area contributed by atoms with Gasteiger partial charge in [0.1, 0.15) is 5.75 Å². The molecule has 2 aromatic heterocycles. The van der Waals surface area contributed by atoms with E-state index in [1.807, 2.05) is 24.3 Å². The third-order valence-corrected chi connectivity index (χ3v) is 3.72. The standard InChI is InChI=1S/C18H14N2O2/c1-21-17-9-16-13(7-14(17)18-10-19-11-22-18)8-15(20-16)12-5-3-2-4-6-12/h2-11,20H,1H3. The maximum absolute atomic E-state index is 5.48. The monoisotopic (exact) mass is 290 g/mol. The predicted octanol–water partition coefficient (Wildman–Crippen LogP) is 4.50. The SMILES string of the molecule is COc1cc2[nH]c(-c3ccccc3)cc2cc1-c1cnco1. The number of rotatable bonds is 3. The number of fused-ring (bicyclic) bond motifs is 1. The Morgan fingerprint density at radius 3 is 2.68 bits per heavy atom. The molecule has 0 amide bonds. The van der Waals surface area contributed by atoms with Crippen molar-refractivity contribution >= 4 is 10.9 Å². The number of hydrogen-bond donors (Lipinski definition) is 1. The molecule has 108 valence electrons. The minimum atomic E-state index is 0.696.